The Labute approximate surface area is 497 Å². The van der Waals surface area contributed by atoms with E-state index in [-0.39, 0.29) is 19.1 Å². The van der Waals surface area contributed by atoms with Gasteiger partial charge >= 0.3 is 7.82 Å². The maximum absolute atomic E-state index is 13.0. The molecule has 0 bridgehead atoms. The van der Waals surface area contributed by atoms with Gasteiger partial charge in [-0.25, -0.2) is 4.57 Å². The molecule has 0 aliphatic heterocycles. The maximum atomic E-state index is 13.0. The van der Waals surface area contributed by atoms with Crippen molar-refractivity contribution < 1.29 is 32.9 Å². The quantitative estimate of drug-likeness (QED) is 0.0243. The molecule has 0 aliphatic carbocycles. The fourth-order valence-electron chi connectivity index (χ4n) is 9.83. The number of quaternary nitrogens is 1. The third-order valence-electron chi connectivity index (χ3n) is 15.1. The van der Waals surface area contributed by atoms with Crippen LogP contribution in [0.2, 0.25) is 0 Å². The number of amides is 1. The lowest BCUT2D eigenvalue weighted by Gasteiger charge is -2.25. The van der Waals surface area contributed by atoms with Crippen molar-refractivity contribution in [3.05, 3.63) is 85.1 Å². The molecule has 0 aromatic heterocycles. The first-order valence-electron chi connectivity index (χ1n) is 34.0. The van der Waals surface area contributed by atoms with Crippen LogP contribution in [0.3, 0.4) is 0 Å². The number of nitrogens with zero attached hydrogens (tertiary/aromatic N) is 1. The monoisotopic (exact) mass is 1140 g/mol. The standard InChI is InChI=1S/C71H131N2O6P/c1-6-8-10-12-14-16-18-20-22-24-26-28-30-32-34-35-36-37-39-41-43-45-47-49-51-53-55-57-59-61-63-65-71(75)72-69(68-79-80(76,77)78-67-66-73(3,4)5)70(74)64-62-60-58-56-54-52-50-48-46-44-42-40-38-33-31-29-27-25-23-21-19-17-15-13-11-9-7-2/h8,10,14,16,20,22,26,28,46,48,54,56,62,64,69-70,74H,6-7,9,11-13,15,17-19,21,23-25,27,29-45,47,49-53,55,57-61,63,65-68H2,1-5H3,(H-,72,75,76,77)/p+1/b10-8-,16-14-,22-20-,28-26-,48-46+,56-54+,64-62+. The van der Waals surface area contributed by atoms with E-state index < -0.39 is 20.0 Å². The Hall–Kier alpha value is -2.32. The summed E-state index contributed by atoms with van der Waals surface area (Å²) in [5.74, 6) is -0.189. The highest BCUT2D eigenvalue weighted by Crippen LogP contribution is 2.43. The lowest BCUT2D eigenvalue weighted by molar-refractivity contribution is -0.870. The van der Waals surface area contributed by atoms with Crippen molar-refractivity contribution in [1.82, 2.24) is 5.32 Å². The van der Waals surface area contributed by atoms with E-state index in [9.17, 15) is 19.4 Å². The van der Waals surface area contributed by atoms with E-state index in [0.717, 1.165) is 70.6 Å². The van der Waals surface area contributed by atoms with Crippen molar-refractivity contribution in [2.45, 2.75) is 321 Å². The van der Waals surface area contributed by atoms with Crippen LogP contribution in [-0.4, -0.2) is 73.4 Å². The summed E-state index contributed by atoms with van der Waals surface area (Å²) in [7, 11) is 1.55. The van der Waals surface area contributed by atoms with Gasteiger partial charge in [0, 0.05) is 6.42 Å². The fourth-order valence-corrected chi connectivity index (χ4v) is 10.6. The number of phosphoric acid groups is 1. The third-order valence-corrected chi connectivity index (χ3v) is 16.1. The Bertz CT molecular complexity index is 1580. The second-order valence-electron chi connectivity index (χ2n) is 24.2. The van der Waals surface area contributed by atoms with Crippen LogP contribution < -0.4 is 5.32 Å². The minimum absolute atomic E-state index is 0.0519. The van der Waals surface area contributed by atoms with Crippen molar-refractivity contribution in [1.29, 1.82) is 0 Å². The highest BCUT2D eigenvalue weighted by molar-refractivity contribution is 7.47. The molecule has 0 fully saturated rings. The summed E-state index contributed by atoms with van der Waals surface area (Å²) >= 11 is 0. The molecule has 0 radical (unpaired) electrons. The van der Waals surface area contributed by atoms with Crippen molar-refractivity contribution in [2.75, 3.05) is 40.9 Å². The molecule has 0 saturated carbocycles. The van der Waals surface area contributed by atoms with Gasteiger partial charge in [-0.1, -0.05) is 304 Å². The van der Waals surface area contributed by atoms with Crippen molar-refractivity contribution in [2.24, 2.45) is 0 Å². The predicted molar refractivity (Wildman–Crippen MR) is 350 cm³/mol. The van der Waals surface area contributed by atoms with Gasteiger partial charge in [0.05, 0.1) is 39.9 Å². The number of hydrogen-bond acceptors (Lipinski definition) is 5. The number of aliphatic hydroxyl groups is 1. The van der Waals surface area contributed by atoms with Gasteiger partial charge in [0.25, 0.3) is 0 Å². The Morgan fingerprint density at radius 1 is 0.438 bits per heavy atom. The van der Waals surface area contributed by atoms with Crippen molar-refractivity contribution >= 4 is 13.7 Å². The first-order valence-corrected chi connectivity index (χ1v) is 35.5. The summed E-state index contributed by atoms with van der Waals surface area (Å²) < 4.78 is 23.8. The molecule has 0 rings (SSSR count). The first-order chi connectivity index (χ1) is 39.0. The summed E-state index contributed by atoms with van der Waals surface area (Å²) in [4.78, 5) is 23.4. The minimum atomic E-state index is -4.37. The second-order valence-corrected chi connectivity index (χ2v) is 25.6. The molecule has 8 nitrogen and oxygen atoms in total. The zero-order valence-corrected chi connectivity index (χ0v) is 54.2. The van der Waals surface area contributed by atoms with Gasteiger partial charge in [-0.2, -0.15) is 0 Å². The number of unbranched alkanes of at least 4 members (excludes halogenated alkanes) is 37. The second kappa shape index (κ2) is 61.2. The number of carbonyl (C=O) groups excluding carboxylic acids is 1. The number of rotatable bonds is 62. The molecule has 466 valence electrons. The van der Waals surface area contributed by atoms with Crippen LogP contribution in [0.5, 0.6) is 0 Å². The van der Waals surface area contributed by atoms with Crippen molar-refractivity contribution in [3.8, 4) is 0 Å². The summed E-state index contributed by atoms with van der Waals surface area (Å²) in [6, 6.07) is -0.874. The molecule has 3 atom stereocenters. The van der Waals surface area contributed by atoms with Crippen LogP contribution in [-0.2, 0) is 18.4 Å². The Balaban J connectivity index is 4.14. The lowest BCUT2D eigenvalue weighted by atomic mass is 10.0. The lowest BCUT2D eigenvalue weighted by Crippen LogP contribution is -2.45. The van der Waals surface area contributed by atoms with E-state index in [1.54, 1.807) is 6.08 Å². The van der Waals surface area contributed by atoms with Gasteiger partial charge in [0.2, 0.25) is 5.91 Å². The van der Waals surface area contributed by atoms with Crippen LogP contribution in [0.4, 0.5) is 0 Å². The molecule has 3 N–H and O–H groups in total. The first kappa shape index (κ1) is 77.7. The molecule has 3 unspecified atom stereocenters. The van der Waals surface area contributed by atoms with E-state index in [1.807, 2.05) is 27.2 Å². The number of phosphoric ester groups is 1. The molecule has 80 heavy (non-hydrogen) atoms. The van der Waals surface area contributed by atoms with Gasteiger partial charge in [-0.15, -0.1) is 0 Å². The van der Waals surface area contributed by atoms with Crippen LogP contribution in [0.1, 0.15) is 309 Å². The molecular weight excluding hydrogens is 1010 g/mol. The van der Waals surface area contributed by atoms with Gasteiger partial charge in [0.1, 0.15) is 13.2 Å². The minimum Gasteiger partial charge on any atom is -0.387 e. The summed E-state index contributed by atoms with van der Waals surface area (Å²) in [6.45, 7) is 4.71. The normalized spacial score (nSPS) is 14.2. The maximum Gasteiger partial charge on any atom is 0.472 e. The van der Waals surface area contributed by atoms with Crippen LogP contribution >= 0.6 is 7.82 Å². The molecule has 0 saturated heterocycles. The van der Waals surface area contributed by atoms with E-state index in [2.05, 4.69) is 92.1 Å². The Morgan fingerprint density at radius 2 is 0.762 bits per heavy atom. The fraction of sp³-hybridized carbons (Fsp3) is 0.789. The van der Waals surface area contributed by atoms with Crippen LogP contribution in [0.25, 0.3) is 0 Å². The molecule has 0 heterocycles. The van der Waals surface area contributed by atoms with Gasteiger partial charge in [-0.3, -0.25) is 13.8 Å². The number of nitrogens with one attached hydrogen (secondary N) is 1. The average Bonchev–Trinajstić information content (AvgIpc) is 3.42. The predicted octanol–water partition coefficient (Wildman–Crippen LogP) is 21.5. The average molecular weight is 1140 g/mol. The summed E-state index contributed by atoms with van der Waals surface area (Å²) in [6.07, 6.45) is 87.3. The zero-order valence-electron chi connectivity index (χ0n) is 53.3. The highest BCUT2D eigenvalue weighted by atomic mass is 31.2. The van der Waals surface area contributed by atoms with Gasteiger partial charge in [-0.05, 0) is 83.5 Å². The Kier molecular flexibility index (Phi) is 59.5. The molecule has 0 aromatic carbocycles. The molecule has 0 aliphatic rings. The third kappa shape index (κ3) is 63.3. The molecule has 0 spiro atoms. The number of likely N-dealkylation sites (N-methyl/N-ethyl adjacent to an activating group) is 1. The van der Waals surface area contributed by atoms with Crippen LogP contribution in [0.15, 0.2) is 85.1 Å². The van der Waals surface area contributed by atoms with E-state index in [0.29, 0.717) is 17.4 Å². The number of hydrogen-bond donors (Lipinski definition) is 3. The molecule has 1 amide bonds. The SMILES string of the molecule is CC/C=C\C/C=C\C/C=C\C/C=C\CCCCCCCCCCCCCCCCCCCCC(=O)NC(COP(=O)(O)OCC[N+](C)(C)C)C(O)/C=C/CC/C=C/CC/C=C/CCCCCCCCCCCCCCCCCCC. The highest BCUT2D eigenvalue weighted by Gasteiger charge is 2.28. The van der Waals surface area contributed by atoms with E-state index in [1.165, 1.54) is 218 Å². The van der Waals surface area contributed by atoms with E-state index >= 15 is 0 Å². The molecule has 9 heteroatoms. The number of aliphatic hydroxyl groups excluding tert-OH is 1. The zero-order chi connectivity index (χ0) is 58.4. The van der Waals surface area contributed by atoms with Gasteiger partial charge in [0.15, 0.2) is 0 Å². The number of carbonyl (C=O) groups is 1. The van der Waals surface area contributed by atoms with E-state index in [4.69, 9.17) is 9.05 Å². The van der Waals surface area contributed by atoms with Crippen molar-refractivity contribution in [3.63, 3.8) is 0 Å². The molecule has 0 aromatic rings. The topological polar surface area (TPSA) is 105 Å². The molecular formula is C71H132N2O6P+. The smallest absolute Gasteiger partial charge is 0.387 e. The summed E-state index contributed by atoms with van der Waals surface area (Å²) in [5, 5.41) is 14.0. The Morgan fingerprint density at radius 3 is 1.15 bits per heavy atom. The van der Waals surface area contributed by atoms with Gasteiger partial charge < -0.3 is 19.8 Å². The summed E-state index contributed by atoms with van der Waals surface area (Å²) in [5.41, 5.74) is 0. The number of allylic oxidation sites excluding steroid dienone is 13. The largest absolute Gasteiger partial charge is 0.472 e. The van der Waals surface area contributed by atoms with Crippen LogP contribution in [0, 0.1) is 0 Å².